The van der Waals surface area contributed by atoms with E-state index in [2.05, 4.69) is 12.2 Å². The van der Waals surface area contributed by atoms with Crippen molar-refractivity contribution in [1.29, 1.82) is 0 Å². The molecule has 0 saturated heterocycles. The Kier molecular flexibility index (Phi) is 5.99. The average molecular weight is 269 g/mol. The van der Waals surface area contributed by atoms with Crippen LogP contribution in [0, 0.1) is 6.92 Å². The fraction of sp³-hybridized carbons (Fsp3) is 0.500. The van der Waals surface area contributed by atoms with Gasteiger partial charge in [0.15, 0.2) is 0 Å². The third-order valence-electron chi connectivity index (χ3n) is 2.88. The van der Waals surface area contributed by atoms with Crippen molar-refractivity contribution < 1.29 is 4.79 Å². The van der Waals surface area contributed by atoms with Crippen LogP contribution >= 0.6 is 11.6 Å². The van der Waals surface area contributed by atoms with Crippen molar-refractivity contribution in [3.05, 3.63) is 28.8 Å². The Morgan fingerprint density at radius 3 is 2.78 bits per heavy atom. The lowest BCUT2D eigenvalue weighted by atomic mass is 10.2. The zero-order chi connectivity index (χ0) is 13.5. The molecular formula is C14H21ClN2O. The molecule has 0 aliphatic carbocycles. The van der Waals surface area contributed by atoms with E-state index < -0.39 is 0 Å². The predicted octanol–water partition coefficient (Wildman–Crippen LogP) is 4.30. The van der Waals surface area contributed by atoms with Crippen LogP contribution in [0.5, 0.6) is 0 Å². The molecule has 18 heavy (non-hydrogen) atoms. The molecule has 1 rings (SSSR count). The molecule has 1 aromatic carbocycles. The number of rotatable bonds is 5. The maximum Gasteiger partial charge on any atom is 0.321 e. The van der Waals surface area contributed by atoms with Gasteiger partial charge in [0.25, 0.3) is 0 Å². The zero-order valence-corrected chi connectivity index (χ0v) is 12.0. The van der Waals surface area contributed by atoms with Gasteiger partial charge in [-0.3, -0.25) is 0 Å². The minimum absolute atomic E-state index is 0.0866. The summed E-state index contributed by atoms with van der Waals surface area (Å²) < 4.78 is 0. The van der Waals surface area contributed by atoms with Gasteiger partial charge in [-0.1, -0.05) is 37.4 Å². The molecule has 4 heteroatoms. The number of nitrogens with zero attached hydrogens (tertiary/aromatic N) is 1. The van der Waals surface area contributed by atoms with Gasteiger partial charge < -0.3 is 10.2 Å². The first-order valence-electron chi connectivity index (χ1n) is 6.33. The van der Waals surface area contributed by atoms with Gasteiger partial charge in [0.05, 0.1) is 0 Å². The van der Waals surface area contributed by atoms with Gasteiger partial charge in [-0.2, -0.15) is 0 Å². The Morgan fingerprint density at radius 2 is 2.11 bits per heavy atom. The summed E-state index contributed by atoms with van der Waals surface area (Å²) in [7, 11) is 1.81. The summed E-state index contributed by atoms with van der Waals surface area (Å²) in [6.45, 7) is 4.87. The topological polar surface area (TPSA) is 32.3 Å². The number of carbonyl (C=O) groups is 1. The molecule has 0 saturated carbocycles. The molecule has 0 unspecified atom stereocenters. The highest BCUT2D eigenvalue weighted by Crippen LogP contribution is 2.20. The number of amides is 2. The Morgan fingerprint density at radius 1 is 1.39 bits per heavy atom. The molecule has 1 N–H and O–H groups in total. The lowest BCUT2D eigenvalue weighted by Gasteiger charge is -2.18. The van der Waals surface area contributed by atoms with Crippen molar-refractivity contribution >= 4 is 23.3 Å². The van der Waals surface area contributed by atoms with Gasteiger partial charge in [0, 0.05) is 24.3 Å². The van der Waals surface area contributed by atoms with Gasteiger partial charge in [0.2, 0.25) is 0 Å². The molecule has 0 aromatic heterocycles. The monoisotopic (exact) mass is 268 g/mol. The van der Waals surface area contributed by atoms with E-state index in [1.54, 1.807) is 11.0 Å². The highest BCUT2D eigenvalue weighted by molar-refractivity contribution is 6.31. The van der Waals surface area contributed by atoms with E-state index in [1.165, 1.54) is 0 Å². The minimum Gasteiger partial charge on any atom is -0.328 e. The van der Waals surface area contributed by atoms with E-state index in [0.29, 0.717) is 5.02 Å². The second-order valence-electron chi connectivity index (χ2n) is 4.52. The summed E-state index contributed by atoms with van der Waals surface area (Å²) >= 11 is 5.92. The van der Waals surface area contributed by atoms with Crippen molar-refractivity contribution in [3.63, 3.8) is 0 Å². The summed E-state index contributed by atoms with van der Waals surface area (Å²) in [5.41, 5.74) is 1.78. The van der Waals surface area contributed by atoms with Gasteiger partial charge in [-0.25, -0.2) is 4.79 Å². The molecule has 3 nitrogen and oxygen atoms in total. The van der Waals surface area contributed by atoms with Crippen LogP contribution in [0.1, 0.15) is 31.7 Å². The number of unbranched alkanes of at least 4 members (excludes halogenated alkanes) is 2. The molecule has 100 valence electrons. The van der Waals surface area contributed by atoms with Gasteiger partial charge in [0.1, 0.15) is 0 Å². The molecule has 0 spiro atoms. The van der Waals surface area contributed by atoms with Crippen LogP contribution in [0.15, 0.2) is 18.2 Å². The third-order valence-corrected chi connectivity index (χ3v) is 3.12. The summed E-state index contributed by atoms with van der Waals surface area (Å²) in [6.07, 6.45) is 3.34. The van der Waals surface area contributed by atoms with Crippen LogP contribution in [-0.4, -0.2) is 24.5 Å². The number of aryl methyl sites for hydroxylation is 1. The number of nitrogens with one attached hydrogen (secondary N) is 1. The average Bonchev–Trinajstić information content (AvgIpc) is 2.34. The van der Waals surface area contributed by atoms with Crippen molar-refractivity contribution in [1.82, 2.24) is 4.90 Å². The van der Waals surface area contributed by atoms with E-state index in [9.17, 15) is 4.79 Å². The van der Waals surface area contributed by atoms with Crippen LogP contribution in [-0.2, 0) is 0 Å². The quantitative estimate of drug-likeness (QED) is 0.794. The number of urea groups is 1. The first-order chi connectivity index (χ1) is 8.54. The molecule has 0 aliphatic rings. The molecule has 0 bridgehead atoms. The minimum atomic E-state index is -0.0866. The molecule has 2 amide bonds. The third kappa shape index (κ3) is 4.57. The zero-order valence-electron chi connectivity index (χ0n) is 11.3. The number of anilines is 1. The standard InChI is InChI=1S/C14H21ClN2O/c1-4-5-6-9-17(3)14(18)16-13-10-12(15)8-7-11(13)2/h7-8,10H,4-6,9H2,1-3H3,(H,16,18). The Labute approximate surface area is 114 Å². The Bertz CT molecular complexity index is 407. The van der Waals surface area contributed by atoms with Crippen LogP contribution < -0.4 is 5.32 Å². The SMILES string of the molecule is CCCCCN(C)C(=O)Nc1cc(Cl)ccc1C. The van der Waals surface area contributed by atoms with Crippen molar-refractivity contribution in [2.24, 2.45) is 0 Å². The molecular weight excluding hydrogens is 248 g/mol. The highest BCUT2D eigenvalue weighted by atomic mass is 35.5. The van der Waals surface area contributed by atoms with Crippen molar-refractivity contribution in [2.45, 2.75) is 33.1 Å². The summed E-state index contributed by atoms with van der Waals surface area (Å²) in [4.78, 5) is 13.6. The van der Waals surface area contributed by atoms with E-state index in [-0.39, 0.29) is 6.03 Å². The number of hydrogen-bond acceptors (Lipinski definition) is 1. The fourth-order valence-corrected chi connectivity index (χ4v) is 1.81. The van der Waals surface area contributed by atoms with E-state index in [1.807, 2.05) is 26.1 Å². The number of halogens is 1. The van der Waals surface area contributed by atoms with E-state index in [0.717, 1.165) is 37.1 Å². The molecule has 1 aromatic rings. The number of hydrogen-bond donors (Lipinski definition) is 1. The molecule has 0 radical (unpaired) electrons. The summed E-state index contributed by atoms with van der Waals surface area (Å²) in [5, 5.41) is 3.51. The normalized spacial score (nSPS) is 10.2. The predicted molar refractivity (Wildman–Crippen MR) is 77.4 cm³/mol. The first kappa shape index (κ1) is 14.8. The molecule has 0 heterocycles. The Hall–Kier alpha value is -1.22. The first-order valence-corrected chi connectivity index (χ1v) is 6.70. The maximum atomic E-state index is 11.9. The van der Waals surface area contributed by atoms with Crippen LogP contribution in [0.25, 0.3) is 0 Å². The lowest BCUT2D eigenvalue weighted by molar-refractivity contribution is 0.221. The summed E-state index contributed by atoms with van der Waals surface area (Å²) in [5.74, 6) is 0. The lowest BCUT2D eigenvalue weighted by Crippen LogP contribution is -2.32. The molecule has 0 fully saturated rings. The van der Waals surface area contributed by atoms with Crippen LogP contribution in [0.2, 0.25) is 5.02 Å². The Balaban J connectivity index is 2.55. The second-order valence-corrected chi connectivity index (χ2v) is 4.95. The van der Waals surface area contributed by atoms with Crippen LogP contribution in [0.3, 0.4) is 0 Å². The van der Waals surface area contributed by atoms with E-state index >= 15 is 0 Å². The van der Waals surface area contributed by atoms with E-state index in [4.69, 9.17) is 11.6 Å². The molecule has 0 aliphatic heterocycles. The number of benzene rings is 1. The maximum absolute atomic E-state index is 11.9. The smallest absolute Gasteiger partial charge is 0.321 e. The van der Waals surface area contributed by atoms with Gasteiger partial charge in [-0.05, 0) is 31.0 Å². The van der Waals surface area contributed by atoms with Crippen molar-refractivity contribution in [2.75, 3.05) is 18.9 Å². The van der Waals surface area contributed by atoms with Gasteiger partial charge in [-0.15, -0.1) is 0 Å². The second kappa shape index (κ2) is 7.27. The number of carbonyl (C=O) groups excluding carboxylic acids is 1. The molecule has 0 atom stereocenters. The highest BCUT2D eigenvalue weighted by Gasteiger charge is 2.09. The largest absolute Gasteiger partial charge is 0.328 e. The summed E-state index contributed by atoms with van der Waals surface area (Å²) in [6, 6.07) is 5.40. The fourth-order valence-electron chi connectivity index (χ4n) is 1.64. The van der Waals surface area contributed by atoms with Crippen LogP contribution in [0.4, 0.5) is 10.5 Å². The van der Waals surface area contributed by atoms with Gasteiger partial charge >= 0.3 is 6.03 Å². The van der Waals surface area contributed by atoms with Crippen molar-refractivity contribution in [3.8, 4) is 0 Å².